The fraction of sp³-hybridized carbons (Fsp3) is 0.286. The molecule has 0 aromatic carbocycles. The molecule has 0 aliphatic heterocycles. The van der Waals surface area contributed by atoms with Crippen molar-refractivity contribution in [3.8, 4) is 11.4 Å². The minimum atomic E-state index is -0.569. The van der Waals surface area contributed by atoms with Crippen molar-refractivity contribution < 1.29 is 5.11 Å². The normalized spacial score (nSPS) is 21.6. The minimum absolute atomic E-state index is 0.0783. The molecule has 0 amide bonds. The van der Waals surface area contributed by atoms with Gasteiger partial charge in [-0.2, -0.15) is 0 Å². The van der Waals surface area contributed by atoms with Crippen LogP contribution < -0.4 is 0 Å². The number of fused-ring (bicyclic) bond motifs is 3. The van der Waals surface area contributed by atoms with Crippen LogP contribution in [0.3, 0.4) is 0 Å². The first-order chi connectivity index (χ1) is 8.70. The average Bonchev–Trinajstić information content (AvgIpc) is 2.39. The lowest BCUT2D eigenvalue weighted by Crippen LogP contribution is -2.30. The molecule has 0 bridgehead atoms. The van der Waals surface area contributed by atoms with Crippen LogP contribution in [-0.2, 0) is 0 Å². The molecule has 1 aliphatic rings. The van der Waals surface area contributed by atoms with Gasteiger partial charge in [0.15, 0.2) is 0 Å². The Labute approximate surface area is 106 Å². The van der Waals surface area contributed by atoms with Crippen LogP contribution in [0, 0.1) is 0 Å². The highest BCUT2D eigenvalue weighted by Crippen LogP contribution is 2.44. The molecule has 18 heavy (non-hydrogen) atoms. The van der Waals surface area contributed by atoms with Crippen LogP contribution in [0.15, 0.2) is 36.7 Å². The van der Waals surface area contributed by atoms with Gasteiger partial charge in [-0.05, 0) is 26.2 Å². The minimum Gasteiger partial charge on any atom is -0.386 e. The predicted molar refractivity (Wildman–Crippen MR) is 68.9 cm³/mol. The van der Waals surface area contributed by atoms with Gasteiger partial charge in [-0.3, -0.25) is 14.9 Å². The second kappa shape index (κ2) is 4.15. The van der Waals surface area contributed by atoms with E-state index in [9.17, 15) is 5.11 Å². The SMILES string of the molecule is CN(C)[C@H]1c2cccnc2-c2ncccc2[C@@H]1O. The predicted octanol–water partition coefficient (Wildman–Crippen LogP) is 1.79. The fourth-order valence-corrected chi connectivity index (χ4v) is 2.61. The molecule has 2 heterocycles. The van der Waals surface area contributed by atoms with Gasteiger partial charge in [-0.15, -0.1) is 0 Å². The van der Waals surface area contributed by atoms with Crippen LogP contribution in [0.25, 0.3) is 11.4 Å². The van der Waals surface area contributed by atoms with E-state index in [0.29, 0.717) is 0 Å². The lowest BCUT2D eigenvalue weighted by molar-refractivity contribution is 0.0733. The van der Waals surface area contributed by atoms with E-state index in [-0.39, 0.29) is 6.04 Å². The Balaban J connectivity index is 2.28. The summed E-state index contributed by atoms with van der Waals surface area (Å²) >= 11 is 0. The number of rotatable bonds is 1. The fourth-order valence-electron chi connectivity index (χ4n) is 2.61. The number of hydrogen-bond acceptors (Lipinski definition) is 4. The van der Waals surface area contributed by atoms with E-state index in [2.05, 4.69) is 9.97 Å². The Kier molecular flexibility index (Phi) is 2.61. The summed E-state index contributed by atoms with van der Waals surface area (Å²) in [6, 6.07) is 7.60. The Morgan fingerprint density at radius 1 is 1.00 bits per heavy atom. The van der Waals surface area contributed by atoms with Crippen molar-refractivity contribution >= 4 is 0 Å². The van der Waals surface area contributed by atoms with Crippen molar-refractivity contribution in [2.45, 2.75) is 12.1 Å². The number of hydrogen-bond donors (Lipinski definition) is 1. The van der Waals surface area contributed by atoms with Crippen LogP contribution in [-0.4, -0.2) is 34.1 Å². The highest BCUT2D eigenvalue weighted by molar-refractivity contribution is 5.67. The topological polar surface area (TPSA) is 49.2 Å². The number of aliphatic hydroxyl groups is 1. The summed E-state index contributed by atoms with van der Waals surface area (Å²) in [5.74, 6) is 0. The second-order valence-corrected chi connectivity index (χ2v) is 4.74. The third-order valence-corrected chi connectivity index (χ3v) is 3.39. The molecule has 2 aromatic heterocycles. The lowest BCUT2D eigenvalue weighted by Gasteiger charge is -2.35. The van der Waals surface area contributed by atoms with Crippen molar-refractivity contribution in [1.82, 2.24) is 14.9 Å². The summed E-state index contributed by atoms with van der Waals surface area (Å²) in [5, 5.41) is 10.5. The number of aliphatic hydroxyl groups excluding tert-OH is 1. The largest absolute Gasteiger partial charge is 0.386 e. The van der Waals surface area contributed by atoms with Crippen LogP contribution in [0.2, 0.25) is 0 Å². The zero-order valence-electron chi connectivity index (χ0n) is 10.4. The van der Waals surface area contributed by atoms with Crippen molar-refractivity contribution in [2.24, 2.45) is 0 Å². The third-order valence-electron chi connectivity index (χ3n) is 3.39. The Morgan fingerprint density at radius 2 is 1.56 bits per heavy atom. The number of likely N-dealkylation sites (N-methyl/N-ethyl adjacent to an activating group) is 1. The smallest absolute Gasteiger partial charge is 0.101 e. The van der Waals surface area contributed by atoms with Crippen molar-refractivity contribution in [1.29, 1.82) is 0 Å². The molecular weight excluding hydrogens is 226 g/mol. The monoisotopic (exact) mass is 241 g/mol. The summed E-state index contributed by atoms with van der Waals surface area (Å²) in [7, 11) is 3.93. The maximum absolute atomic E-state index is 10.5. The molecule has 2 aromatic rings. The second-order valence-electron chi connectivity index (χ2n) is 4.74. The molecule has 92 valence electrons. The average molecular weight is 241 g/mol. The van der Waals surface area contributed by atoms with Gasteiger partial charge in [0.2, 0.25) is 0 Å². The molecule has 4 nitrogen and oxygen atoms in total. The third kappa shape index (κ3) is 1.54. The quantitative estimate of drug-likeness (QED) is 0.827. The Bertz CT molecular complexity index is 583. The maximum atomic E-state index is 10.5. The van der Waals surface area contributed by atoms with Gasteiger partial charge < -0.3 is 5.11 Å². The highest BCUT2D eigenvalue weighted by atomic mass is 16.3. The first-order valence-electron chi connectivity index (χ1n) is 5.95. The van der Waals surface area contributed by atoms with Crippen LogP contribution in [0.5, 0.6) is 0 Å². The number of pyridine rings is 2. The highest BCUT2D eigenvalue weighted by Gasteiger charge is 2.34. The molecule has 0 spiro atoms. The molecule has 1 N–H and O–H groups in total. The van der Waals surface area contributed by atoms with Gasteiger partial charge >= 0.3 is 0 Å². The molecule has 0 saturated heterocycles. The number of nitrogens with zero attached hydrogens (tertiary/aromatic N) is 3. The first-order valence-corrected chi connectivity index (χ1v) is 5.95. The van der Waals surface area contributed by atoms with E-state index in [1.807, 2.05) is 43.3 Å². The molecule has 2 atom stereocenters. The molecule has 0 radical (unpaired) electrons. The summed E-state index contributed by atoms with van der Waals surface area (Å²) in [6.45, 7) is 0. The Hall–Kier alpha value is -1.78. The summed E-state index contributed by atoms with van der Waals surface area (Å²) in [4.78, 5) is 10.8. The Morgan fingerprint density at radius 3 is 2.17 bits per heavy atom. The standard InChI is InChI=1S/C14H15N3O/c1-17(2)13-9-5-3-7-15-11(9)12-10(14(13)18)6-4-8-16-12/h3-8,13-14,18H,1-2H3/t13-,14-/m0/s1. The molecule has 0 saturated carbocycles. The van der Waals surface area contributed by atoms with Gasteiger partial charge in [0.1, 0.15) is 6.10 Å². The summed E-state index contributed by atoms with van der Waals surface area (Å²) in [6.07, 6.45) is 2.93. The van der Waals surface area contributed by atoms with Gasteiger partial charge in [0.05, 0.1) is 17.4 Å². The first kappa shape index (κ1) is 11.3. The van der Waals surface area contributed by atoms with Crippen molar-refractivity contribution in [3.05, 3.63) is 47.8 Å². The van der Waals surface area contributed by atoms with Gasteiger partial charge in [0.25, 0.3) is 0 Å². The van der Waals surface area contributed by atoms with Gasteiger partial charge in [-0.25, -0.2) is 0 Å². The van der Waals surface area contributed by atoms with Crippen molar-refractivity contribution in [3.63, 3.8) is 0 Å². The molecule has 3 rings (SSSR count). The zero-order chi connectivity index (χ0) is 12.7. The molecule has 0 unspecified atom stereocenters. The van der Waals surface area contributed by atoms with Crippen LogP contribution >= 0.6 is 0 Å². The lowest BCUT2D eigenvalue weighted by atomic mass is 9.85. The molecule has 4 heteroatoms. The van der Waals surface area contributed by atoms with E-state index >= 15 is 0 Å². The molecule has 1 aliphatic carbocycles. The van der Waals surface area contributed by atoms with E-state index < -0.39 is 6.10 Å². The molecule has 0 fully saturated rings. The summed E-state index contributed by atoms with van der Waals surface area (Å²) < 4.78 is 0. The maximum Gasteiger partial charge on any atom is 0.101 e. The van der Waals surface area contributed by atoms with E-state index in [1.165, 1.54) is 0 Å². The van der Waals surface area contributed by atoms with Crippen molar-refractivity contribution in [2.75, 3.05) is 14.1 Å². The van der Waals surface area contributed by atoms with Crippen LogP contribution in [0.4, 0.5) is 0 Å². The van der Waals surface area contributed by atoms with E-state index in [0.717, 1.165) is 22.5 Å². The van der Waals surface area contributed by atoms with Gasteiger partial charge in [-0.1, -0.05) is 12.1 Å². The summed E-state index contributed by atoms with van der Waals surface area (Å²) in [5.41, 5.74) is 3.54. The zero-order valence-corrected chi connectivity index (χ0v) is 10.4. The van der Waals surface area contributed by atoms with E-state index in [1.54, 1.807) is 12.4 Å². The number of aromatic nitrogens is 2. The van der Waals surface area contributed by atoms with Crippen LogP contribution in [0.1, 0.15) is 23.3 Å². The van der Waals surface area contributed by atoms with E-state index in [4.69, 9.17) is 0 Å². The molecular formula is C14H15N3O. The van der Waals surface area contributed by atoms with Gasteiger partial charge in [0, 0.05) is 23.5 Å².